The van der Waals surface area contributed by atoms with E-state index in [4.69, 9.17) is 22.7 Å². The number of halogens is 1. The highest BCUT2D eigenvalue weighted by Crippen LogP contribution is 2.15. The molecular formula is C16H24FNOS. The summed E-state index contributed by atoms with van der Waals surface area (Å²) in [5, 5.41) is 0. The van der Waals surface area contributed by atoms with Gasteiger partial charge in [-0.25, -0.2) is 4.39 Å². The molecule has 0 fully saturated rings. The van der Waals surface area contributed by atoms with Crippen molar-refractivity contribution in [1.82, 2.24) is 0 Å². The third-order valence-electron chi connectivity index (χ3n) is 3.46. The highest BCUT2D eigenvalue weighted by atomic mass is 32.1. The van der Waals surface area contributed by atoms with Crippen LogP contribution >= 0.6 is 12.2 Å². The van der Waals surface area contributed by atoms with Crippen LogP contribution in [0.2, 0.25) is 0 Å². The van der Waals surface area contributed by atoms with E-state index >= 15 is 0 Å². The van der Waals surface area contributed by atoms with Gasteiger partial charge in [0.1, 0.15) is 10.8 Å². The Morgan fingerprint density at radius 2 is 2.15 bits per heavy atom. The van der Waals surface area contributed by atoms with Crippen LogP contribution in [0.3, 0.4) is 0 Å². The predicted molar refractivity (Wildman–Crippen MR) is 85.2 cm³/mol. The fourth-order valence-electron chi connectivity index (χ4n) is 2.09. The Kier molecular flexibility index (Phi) is 7.70. The van der Waals surface area contributed by atoms with Crippen molar-refractivity contribution in [3.8, 4) is 0 Å². The van der Waals surface area contributed by atoms with Gasteiger partial charge in [0, 0.05) is 12.2 Å². The first-order valence-electron chi connectivity index (χ1n) is 7.24. The number of thiocarbonyl (C=S) groups is 1. The molecule has 0 amide bonds. The fourth-order valence-corrected chi connectivity index (χ4v) is 2.25. The molecule has 20 heavy (non-hydrogen) atoms. The van der Waals surface area contributed by atoms with Crippen molar-refractivity contribution in [2.75, 3.05) is 6.61 Å². The summed E-state index contributed by atoms with van der Waals surface area (Å²) >= 11 is 4.83. The lowest BCUT2D eigenvalue weighted by molar-refractivity contribution is 0.0819. The van der Waals surface area contributed by atoms with Crippen LogP contribution in [-0.4, -0.2) is 11.6 Å². The van der Waals surface area contributed by atoms with Crippen molar-refractivity contribution >= 4 is 17.2 Å². The minimum absolute atomic E-state index is 0.0822. The topological polar surface area (TPSA) is 35.2 Å². The van der Waals surface area contributed by atoms with E-state index in [1.165, 1.54) is 25.3 Å². The highest BCUT2D eigenvalue weighted by molar-refractivity contribution is 7.80. The molecule has 0 heterocycles. The molecule has 0 radical (unpaired) electrons. The Morgan fingerprint density at radius 1 is 1.40 bits per heavy atom. The SMILES string of the molecule is CCCCC(CC)COCc1ccc(F)c(C(N)=S)c1. The van der Waals surface area contributed by atoms with Crippen LogP contribution in [0, 0.1) is 11.7 Å². The number of nitrogens with two attached hydrogens (primary N) is 1. The maximum absolute atomic E-state index is 13.5. The average Bonchev–Trinajstić information content (AvgIpc) is 2.44. The summed E-state index contributed by atoms with van der Waals surface area (Å²) in [5.41, 5.74) is 6.68. The normalized spacial score (nSPS) is 12.3. The molecule has 112 valence electrons. The van der Waals surface area contributed by atoms with Gasteiger partial charge in [-0.2, -0.15) is 0 Å². The first kappa shape index (κ1) is 17.1. The smallest absolute Gasteiger partial charge is 0.133 e. The van der Waals surface area contributed by atoms with Gasteiger partial charge in [-0.15, -0.1) is 0 Å². The Morgan fingerprint density at radius 3 is 2.75 bits per heavy atom. The molecular weight excluding hydrogens is 273 g/mol. The van der Waals surface area contributed by atoms with Gasteiger partial charge in [-0.3, -0.25) is 0 Å². The molecule has 0 aliphatic heterocycles. The number of ether oxygens (including phenoxy) is 1. The molecule has 0 aliphatic carbocycles. The summed E-state index contributed by atoms with van der Waals surface area (Å²) in [5.74, 6) is 0.223. The molecule has 0 spiro atoms. The fraction of sp³-hybridized carbons (Fsp3) is 0.562. The summed E-state index contributed by atoms with van der Waals surface area (Å²) in [7, 11) is 0. The Balaban J connectivity index is 2.49. The third-order valence-corrected chi connectivity index (χ3v) is 3.68. The minimum atomic E-state index is -0.379. The number of unbranched alkanes of at least 4 members (excludes halogenated alkanes) is 1. The van der Waals surface area contributed by atoms with Crippen LogP contribution in [-0.2, 0) is 11.3 Å². The van der Waals surface area contributed by atoms with E-state index in [9.17, 15) is 4.39 Å². The van der Waals surface area contributed by atoms with Gasteiger partial charge >= 0.3 is 0 Å². The van der Waals surface area contributed by atoms with Gasteiger partial charge in [-0.1, -0.05) is 51.4 Å². The molecule has 0 aromatic heterocycles. The molecule has 1 unspecified atom stereocenters. The zero-order chi connectivity index (χ0) is 15.0. The number of hydrogen-bond acceptors (Lipinski definition) is 2. The summed E-state index contributed by atoms with van der Waals surface area (Å²) < 4.78 is 19.2. The van der Waals surface area contributed by atoms with E-state index in [0.717, 1.165) is 18.6 Å². The second kappa shape index (κ2) is 9.03. The van der Waals surface area contributed by atoms with Crippen LogP contribution in [0.15, 0.2) is 18.2 Å². The Labute approximate surface area is 126 Å². The maximum atomic E-state index is 13.5. The lowest BCUT2D eigenvalue weighted by atomic mass is 10.0. The van der Waals surface area contributed by atoms with Crippen molar-refractivity contribution < 1.29 is 9.13 Å². The molecule has 2 nitrogen and oxygen atoms in total. The van der Waals surface area contributed by atoms with Gasteiger partial charge in [0.25, 0.3) is 0 Å². The molecule has 1 rings (SSSR count). The van der Waals surface area contributed by atoms with Gasteiger partial charge in [0.15, 0.2) is 0 Å². The van der Waals surface area contributed by atoms with Crippen molar-refractivity contribution in [2.45, 2.75) is 46.1 Å². The zero-order valence-electron chi connectivity index (χ0n) is 12.3. The Bertz CT molecular complexity index is 436. The molecule has 0 aliphatic rings. The van der Waals surface area contributed by atoms with Gasteiger partial charge in [0.2, 0.25) is 0 Å². The second-order valence-electron chi connectivity index (χ2n) is 5.11. The predicted octanol–water partition coefficient (Wildman–Crippen LogP) is 4.19. The Hall–Kier alpha value is -1.00. The van der Waals surface area contributed by atoms with Crippen molar-refractivity contribution in [1.29, 1.82) is 0 Å². The van der Waals surface area contributed by atoms with Crippen LogP contribution in [0.25, 0.3) is 0 Å². The van der Waals surface area contributed by atoms with Crippen LogP contribution in [0.5, 0.6) is 0 Å². The summed E-state index contributed by atoms with van der Waals surface area (Å²) in [6.07, 6.45) is 4.78. The quantitative estimate of drug-likeness (QED) is 0.694. The van der Waals surface area contributed by atoms with Gasteiger partial charge in [-0.05, 0) is 30.0 Å². The van der Waals surface area contributed by atoms with E-state index in [2.05, 4.69) is 13.8 Å². The highest BCUT2D eigenvalue weighted by Gasteiger charge is 2.08. The van der Waals surface area contributed by atoms with E-state index in [1.54, 1.807) is 12.1 Å². The van der Waals surface area contributed by atoms with Crippen LogP contribution < -0.4 is 5.73 Å². The molecule has 0 saturated heterocycles. The molecule has 0 bridgehead atoms. The minimum Gasteiger partial charge on any atom is -0.389 e. The van der Waals surface area contributed by atoms with Crippen molar-refractivity contribution in [3.63, 3.8) is 0 Å². The molecule has 1 aromatic carbocycles. The van der Waals surface area contributed by atoms with Crippen LogP contribution in [0.1, 0.15) is 50.7 Å². The third kappa shape index (κ3) is 5.55. The lowest BCUT2D eigenvalue weighted by Crippen LogP contribution is -2.13. The van der Waals surface area contributed by atoms with Crippen molar-refractivity contribution in [2.24, 2.45) is 11.7 Å². The molecule has 1 atom stereocenters. The zero-order valence-corrected chi connectivity index (χ0v) is 13.1. The van der Waals surface area contributed by atoms with Crippen molar-refractivity contribution in [3.05, 3.63) is 35.1 Å². The average molecular weight is 297 g/mol. The van der Waals surface area contributed by atoms with E-state index in [-0.39, 0.29) is 10.8 Å². The second-order valence-corrected chi connectivity index (χ2v) is 5.55. The molecule has 2 N–H and O–H groups in total. The first-order chi connectivity index (χ1) is 9.58. The number of benzene rings is 1. The first-order valence-corrected chi connectivity index (χ1v) is 7.65. The van der Waals surface area contributed by atoms with E-state index in [0.29, 0.717) is 18.1 Å². The molecule has 0 saturated carbocycles. The summed E-state index contributed by atoms with van der Waals surface area (Å²) in [6, 6.07) is 4.77. The van der Waals surface area contributed by atoms with Gasteiger partial charge in [0.05, 0.1) is 6.61 Å². The number of hydrogen-bond donors (Lipinski definition) is 1. The maximum Gasteiger partial charge on any atom is 0.133 e. The standard InChI is InChI=1S/C16H24FNOS/c1-3-5-6-12(4-2)10-19-11-13-7-8-15(17)14(9-13)16(18)20/h7-9,12H,3-6,10-11H2,1-2H3,(H2,18,20). The lowest BCUT2D eigenvalue weighted by Gasteiger charge is -2.15. The van der Waals surface area contributed by atoms with Gasteiger partial charge < -0.3 is 10.5 Å². The van der Waals surface area contributed by atoms with Crippen LogP contribution in [0.4, 0.5) is 4.39 Å². The summed E-state index contributed by atoms with van der Waals surface area (Å²) in [4.78, 5) is 0.0822. The molecule has 1 aromatic rings. The largest absolute Gasteiger partial charge is 0.389 e. The number of rotatable bonds is 9. The molecule has 4 heteroatoms. The summed E-state index contributed by atoms with van der Waals surface area (Å²) in [6.45, 7) is 5.60. The monoisotopic (exact) mass is 297 g/mol. The van der Waals surface area contributed by atoms with E-state index in [1.807, 2.05) is 0 Å². The van der Waals surface area contributed by atoms with E-state index < -0.39 is 0 Å².